The van der Waals surface area contributed by atoms with Crippen molar-refractivity contribution in [2.75, 3.05) is 6.54 Å². The molecule has 1 atom stereocenters. The van der Waals surface area contributed by atoms with Crippen molar-refractivity contribution in [1.82, 2.24) is 10.3 Å². The van der Waals surface area contributed by atoms with Crippen LogP contribution in [0.15, 0.2) is 24.5 Å². The first-order valence-corrected chi connectivity index (χ1v) is 5.37. The summed E-state index contributed by atoms with van der Waals surface area (Å²) < 4.78 is 0. The third-order valence-corrected chi connectivity index (χ3v) is 2.80. The topological polar surface area (TPSA) is 24.9 Å². The van der Waals surface area contributed by atoms with E-state index in [1.54, 1.807) is 12.4 Å². The van der Waals surface area contributed by atoms with Gasteiger partial charge in [0.15, 0.2) is 0 Å². The number of hydrogen-bond acceptors (Lipinski definition) is 2. The number of hydrogen-bond donors (Lipinski definition) is 1. The number of rotatable bonds is 5. The van der Waals surface area contributed by atoms with E-state index in [4.69, 9.17) is 11.6 Å². The van der Waals surface area contributed by atoms with Gasteiger partial charge in [-0.15, -0.1) is 11.6 Å². The van der Waals surface area contributed by atoms with Gasteiger partial charge in [-0.3, -0.25) is 4.98 Å². The van der Waals surface area contributed by atoms with E-state index in [2.05, 4.69) is 24.1 Å². The van der Waals surface area contributed by atoms with Crippen molar-refractivity contribution >= 4 is 11.6 Å². The summed E-state index contributed by atoms with van der Waals surface area (Å²) in [4.78, 5) is 3.96. The summed E-state index contributed by atoms with van der Waals surface area (Å²) >= 11 is 6.11. The molecule has 0 fully saturated rings. The van der Waals surface area contributed by atoms with Crippen molar-refractivity contribution in [2.24, 2.45) is 5.92 Å². The molecule has 2 nitrogen and oxygen atoms in total. The largest absolute Gasteiger partial charge is 0.311 e. The zero-order valence-electron chi connectivity index (χ0n) is 8.70. The second-order valence-electron chi connectivity index (χ2n) is 3.75. The fraction of sp³-hybridized carbons (Fsp3) is 0.545. The average Bonchev–Trinajstić information content (AvgIpc) is 2.19. The fourth-order valence-corrected chi connectivity index (χ4v) is 1.20. The Balaban J connectivity index is 2.22. The van der Waals surface area contributed by atoms with Crippen LogP contribution in [0.5, 0.6) is 0 Å². The van der Waals surface area contributed by atoms with Gasteiger partial charge in [-0.2, -0.15) is 0 Å². The normalized spacial score (nSPS) is 13.1. The Kier molecular flexibility index (Phi) is 4.91. The van der Waals surface area contributed by atoms with E-state index in [1.807, 2.05) is 12.1 Å². The quantitative estimate of drug-likeness (QED) is 0.759. The summed E-state index contributed by atoms with van der Waals surface area (Å²) in [6, 6.07) is 4.01. The van der Waals surface area contributed by atoms with Gasteiger partial charge in [0, 0.05) is 30.9 Å². The van der Waals surface area contributed by atoms with Gasteiger partial charge in [0.2, 0.25) is 0 Å². The zero-order chi connectivity index (χ0) is 10.4. The number of nitrogens with one attached hydrogen (secondary N) is 1. The molecule has 1 unspecified atom stereocenters. The van der Waals surface area contributed by atoms with Crippen molar-refractivity contribution in [3.8, 4) is 0 Å². The molecule has 0 aliphatic rings. The second kappa shape index (κ2) is 5.99. The van der Waals surface area contributed by atoms with Crippen molar-refractivity contribution in [1.29, 1.82) is 0 Å². The molecular weight excluding hydrogens is 196 g/mol. The molecule has 0 radical (unpaired) electrons. The van der Waals surface area contributed by atoms with Gasteiger partial charge in [-0.05, 0) is 23.6 Å². The zero-order valence-corrected chi connectivity index (χ0v) is 9.46. The van der Waals surface area contributed by atoms with Gasteiger partial charge in [0.05, 0.1) is 0 Å². The number of halogens is 1. The maximum absolute atomic E-state index is 6.11. The standard InChI is InChI=1S/C11H17ClN2/c1-9(2)11(12)8-14-7-10-3-5-13-6-4-10/h3-6,9,11,14H,7-8H2,1-2H3. The third kappa shape index (κ3) is 4.07. The van der Waals surface area contributed by atoms with Crippen LogP contribution in [-0.2, 0) is 6.54 Å². The van der Waals surface area contributed by atoms with Gasteiger partial charge in [-0.25, -0.2) is 0 Å². The van der Waals surface area contributed by atoms with Crippen LogP contribution in [0.3, 0.4) is 0 Å². The lowest BCUT2D eigenvalue weighted by Crippen LogP contribution is -2.26. The first-order chi connectivity index (χ1) is 6.70. The minimum absolute atomic E-state index is 0.205. The molecule has 0 aliphatic carbocycles. The van der Waals surface area contributed by atoms with E-state index in [1.165, 1.54) is 5.56 Å². The number of pyridine rings is 1. The number of aromatic nitrogens is 1. The lowest BCUT2D eigenvalue weighted by Gasteiger charge is -2.13. The van der Waals surface area contributed by atoms with Crippen molar-refractivity contribution in [2.45, 2.75) is 25.8 Å². The van der Waals surface area contributed by atoms with E-state index in [0.717, 1.165) is 13.1 Å². The van der Waals surface area contributed by atoms with Crippen LogP contribution >= 0.6 is 11.6 Å². The third-order valence-electron chi connectivity index (χ3n) is 2.14. The van der Waals surface area contributed by atoms with E-state index in [-0.39, 0.29) is 5.38 Å². The summed E-state index contributed by atoms with van der Waals surface area (Å²) in [5, 5.41) is 3.53. The van der Waals surface area contributed by atoms with Gasteiger partial charge < -0.3 is 5.32 Å². The van der Waals surface area contributed by atoms with E-state index in [0.29, 0.717) is 5.92 Å². The van der Waals surface area contributed by atoms with Crippen LogP contribution in [0.2, 0.25) is 0 Å². The van der Waals surface area contributed by atoms with Gasteiger partial charge in [0.25, 0.3) is 0 Å². The first kappa shape index (κ1) is 11.5. The Bertz CT molecular complexity index is 249. The lowest BCUT2D eigenvalue weighted by molar-refractivity contribution is 0.546. The summed E-state index contributed by atoms with van der Waals surface area (Å²) in [5.41, 5.74) is 1.24. The smallest absolute Gasteiger partial charge is 0.0483 e. The molecule has 1 aromatic rings. The molecule has 14 heavy (non-hydrogen) atoms. The van der Waals surface area contributed by atoms with Crippen molar-refractivity contribution < 1.29 is 0 Å². The molecular formula is C11H17ClN2. The molecule has 0 bridgehead atoms. The molecule has 1 heterocycles. The molecule has 0 spiro atoms. The van der Waals surface area contributed by atoms with Crippen LogP contribution in [0.4, 0.5) is 0 Å². The molecule has 1 rings (SSSR count). The van der Waals surface area contributed by atoms with Gasteiger partial charge in [-0.1, -0.05) is 13.8 Å². The minimum atomic E-state index is 0.205. The fourth-order valence-electron chi connectivity index (χ4n) is 1.09. The van der Waals surface area contributed by atoms with Crippen molar-refractivity contribution in [3.63, 3.8) is 0 Å². The molecule has 0 saturated carbocycles. The van der Waals surface area contributed by atoms with Crippen LogP contribution in [0, 0.1) is 5.92 Å². The monoisotopic (exact) mass is 212 g/mol. The van der Waals surface area contributed by atoms with E-state index >= 15 is 0 Å². The highest BCUT2D eigenvalue weighted by atomic mass is 35.5. The predicted molar refractivity (Wildman–Crippen MR) is 60.4 cm³/mol. The Morgan fingerprint density at radius 2 is 2.00 bits per heavy atom. The van der Waals surface area contributed by atoms with Crippen LogP contribution in [-0.4, -0.2) is 16.9 Å². The molecule has 0 aliphatic heterocycles. The molecule has 3 heteroatoms. The van der Waals surface area contributed by atoms with Crippen LogP contribution < -0.4 is 5.32 Å². The Morgan fingerprint density at radius 1 is 1.36 bits per heavy atom. The summed E-state index contributed by atoms with van der Waals surface area (Å²) in [6.45, 7) is 5.97. The summed E-state index contributed by atoms with van der Waals surface area (Å²) in [7, 11) is 0. The predicted octanol–water partition coefficient (Wildman–Crippen LogP) is 2.43. The molecule has 0 amide bonds. The van der Waals surface area contributed by atoms with Gasteiger partial charge >= 0.3 is 0 Å². The summed E-state index contributed by atoms with van der Waals surface area (Å²) in [5.74, 6) is 0.515. The SMILES string of the molecule is CC(C)C(Cl)CNCc1ccncc1. The van der Waals surface area contributed by atoms with Crippen LogP contribution in [0.1, 0.15) is 19.4 Å². The Morgan fingerprint density at radius 3 is 2.57 bits per heavy atom. The van der Waals surface area contributed by atoms with Crippen molar-refractivity contribution in [3.05, 3.63) is 30.1 Å². The highest BCUT2D eigenvalue weighted by molar-refractivity contribution is 6.20. The lowest BCUT2D eigenvalue weighted by atomic mass is 10.1. The molecule has 1 aromatic heterocycles. The van der Waals surface area contributed by atoms with E-state index < -0.39 is 0 Å². The first-order valence-electron chi connectivity index (χ1n) is 4.94. The molecule has 0 aromatic carbocycles. The van der Waals surface area contributed by atoms with Gasteiger partial charge in [0.1, 0.15) is 0 Å². The molecule has 0 saturated heterocycles. The Labute approximate surface area is 90.7 Å². The highest BCUT2D eigenvalue weighted by Gasteiger charge is 2.07. The number of nitrogens with zero attached hydrogens (tertiary/aromatic N) is 1. The highest BCUT2D eigenvalue weighted by Crippen LogP contribution is 2.07. The van der Waals surface area contributed by atoms with E-state index in [9.17, 15) is 0 Å². The number of alkyl halides is 1. The summed E-state index contributed by atoms with van der Waals surface area (Å²) in [6.07, 6.45) is 3.61. The maximum atomic E-state index is 6.11. The maximum Gasteiger partial charge on any atom is 0.0483 e. The molecule has 78 valence electrons. The molecule has 1 N–H and O–H groups in total. The second-order valence-corrected chi connectivity index (χ2v) is 4.31. The minimum Gasteiger partial charge on any atom is -0.311 e. The average molecular weight is 213 g/mol. The van der Waals surface area contributed by atoms with Crippen LogP contribution in [0.25, 0.3) is 0 Å². The Hall–Kier alpha value is -0.600.